The first-order valence-electron chi connectivity index (χ1n) is 6.76. The zero-order valence-corrected chi connectivity index (χ0v) is 12.6. The van der Waals surface area contributed by atoms with E-state index in [0.717, 1.165) is 11.4 Å². The van der Waals surface area contributed by atoms with Crippen LogP contribution in [-0.2, 0) is 18.4 Å². The fourth-order valence-electron chi connectivity index (χ4n) is 2.01. The Kier molecular flexibility index (Phi) is 4.59. The summed E-state index contributed by atoms with van der Waals surface area (Å²) in [6.07, 6.45) is 3.64. The number of nitrogens with two attached hydrogens (primary N) is 1. The number of hydrogen-bond acceptors (Lipinski definition) is 4. The fourth-order valence-corrected chi connectivity index (χ4v) is 2.01. The molecule has 1 aromatic heterocycles. The molecule has 2 aromatic rings. The Hall–Kier alpha value is -2.34. The summed E-state index contributed by atoms with van der Waals surface area (Å²) >= 11 is 0. The summed E-state index contributed by atoms with van der Waals surface area (Å²) < 4.78 is 1.94. The number of aromatic nitrogens is 2. The van der Waals surface area contributed by atoms with Gasteiger partial charge in [0.25, 0.3) is 0 Å². The van der Waals surface area contributed by atoms with Gasteiger partial charge in [-0.25, -0.2) is 4.98 Å². The molecule has 3 N–H and O–H groups in total. The average Bonchev–Trinajstić information content (AvgIpc) is 2.79. The summed E-state index contributed by atoms with van der Waals surface area (Å²) in [7, 11) is 3.82. The predicted molar refractivity (Wildman–Crippen MR) is 83.8 cm³/mol. The molecular formula is C15H21N5O. The summed E-state index contributed by atoms with van der Waals surface area (Å²) in [4.78, 5) is 18.2. The third-order valence-electron chi connectivity index (χ3n) is 3.31. The molecule has 0 atom stereocenters. The summed E-state index contributed by atoms with van der Waals surface area (Å²) in [6.45, 7) is 2.84. The lowest BCUT2D eigenvalue weighted by Crippen LogP contribution is -2.30. The first-order chi connectivity index (χ1) is 9.95. The van der Waals surface area contributed by atoms with Crippen molar-refractivity contribution in [3.05, 3.63) is 42.0 Å². The van der Waals surface area contributed by atoms with Crippen LogP contribution in [0.5, 0.6) is 0 Å². The number of carbonyl (C=O) groups is 1. The Bertz CT molecular complexity index is 635. The Balaban J connectivity index is 1.89. The van der Waals surface area contributed by atoms with Crippen molar-refractivity contribution in [1.82, 2.24) is 14.5 Å². The van der Waals surface area contributed by atoms with Crippen LogP contribution in [0.2, 0.25) is 0 Å². The van der Waals surface area contributed by atoms with E-state index in [9.17, 15) is 4.79 Å². The minimum Gasteiger partial charge on any atom is -0.398 e. The van der Waals surface area contributed by atoms with Crippen molar-refractivity contribution in [2.24, 2.45) is 7.05 Å². The first kappa shape index (κ1) is 15.1. The summed E-state index contributed by atoms with van der Waals surface area (Å²) in [5, 5.41) is 2.85. The lowest BCUT2D eigenvalue weighted by molar-refractivity contribution is -0.117. The number of amides is 1. The monoisotopic (exact) mass is 287 g/mol. The number of hydrogen-bond donors (Lipinski definition) is 2. The number of benzene rings is 1. The maximum atomic E-state index is 12.0. The van der Waals surface area contributed by atoms with Gasteiger partial charge in [0, 0.05) is 30.8 Å². The highest BCUT2D eigenvalue weighted by atomic mass is 16.2. The van der Waals surface area contributed by atoms with Gasteiger partial charge in [0.15, 0.2) is 0 Å². The van der Waals surface area contributed by atoms with E-state index >= 15 is 0 Å². The molecule has 0 bridgehead atoms. The molecule has 0 aliphatic rings. The molecule has 6 heteroatoms. The standard InChI is InChI=1S/C15H21N5O/c1-11-4-5-12(8-13(11)16)18-15(21)10-19(2)9-14-17-6-7-20(14)3/h4-8H,9-10,16H2,1-3H3,(H,18,21). The van der Waals surface area contributed by atoms with Gasteiger partial charge in [0.1, 0.15) is 5.82 Å². The minimum atomic E-state index is -0.0741. The molecule has 0 aliphatic heterocycles. The summed E-state index contributed by atoms with van der Waals surface area (Å²) in [5.41, 5.74) is 8.22. The molecule has 1 aromatic carbocycles. The number of carbonyl (C=O) groups excluding carboxylic acids is 1. The van der Waals surface area contributed by atoms with Crippen LogP contribution in [0.25, 0.3) is 0 Å². The van der Waals surface area contributed by atoms with Gasteiger partial charge in [0.05, 0.1) is 13.1 Å². The molecule has 0 saturated carbocycles. The van der Waals surface area contributed by atoms with Crippen LogP contribution >= 0.6 is 0 Å². The van der Waals surface area contributed by atoms with E-state index in [1.807, 2.05) is 48.8 Å². The molecule has 0 aliphatic carbocycles. The zero-order valence-electron chi connectivity index (χ0n) is 12.6. The molecule has 0 saturated heterocycles. The van der Waals surface area contributed by atoms with Crippen molar-refractivity contribution in [3.63, 3.8) is 0 Å². The van der Waals surface area contributed by atoms with Crippen LogP contribution < -0.4 is 11.1 Å². The topological polar surface area (TPSA) is 76.2 Å². The number of rotatable bonds is 5. The predicted octanol–water partition coefficient (Wildman–Crippen LogP) is 1.38. The smallest absolute Gasteiger partial charge is 0.238 e. The van der Waals surface area contributed by atoms with Gasteiger partial charge in [-0.15, -0.1) is 0 Å². The van der Waals surface area contributed by atoms with E-state index in [-0.39, 0.29) is 5.91 Å². The number of nitrogens with zero attached hydrogens (tertiary/aromatic N) is 3. The van der Waals surface area contributed by atoms with Crippen molar-refractivity contribution < 1.29 is 4.79 Å². The van der Waals surface area contributed by atoms with Crippen LogP contribution in [0.4, 0.5) is 11.4 Å². The molecule has 112 valence electrons. The third kappa shape index (κ3) is 4.06. The first-order valence-corrected chi connectivity index (χ1v) is 6.76. The lowest BCUT2D eigenvalue weighted by Gasteiger charge is -2.16. The fraction of sp³-hybridized carbons (Fsp3) is 0.333. The Morgan fingerprint density at radius 3 is 2.86 bits per heavy atom. The maximum Gasteiger partial charge on any atom is 0.238 e. The molecular weight excluding hydrogens is 266 g/mol. The molecule has 6 nitrogen and oxygen atoms in total. The molecule has 0 fully saturated rings. The largest absolute Gasteiger partial charge is 0.398 e. The number of nitrogen functional groups attached to an aromatic ring is 1. The molecule has 0 radical (unpaired) electrons. The second kappa shape index (κ2) is 6.41. The highest BCUT2D eigenvalue weighted by Gasteiger charge is 2.10. The van der Waals surface area contributed by atoms with Gasteiger partial charge in [0.2, 0.25) is 5.91 Å². The van der Waals surface area contributed by atoms with Crippen LogP contribution in [0.1, 0.15) is 11.4 Å². The number of anilines is 2. The van der Waals surface area contributed by atoms with Crippen LogP contribution in [0.3, 0.4) is 0 Å². The average molecular weight is 287 g/mol. The van der Waals surface area contributed by atoms with Crippen molar-refractivity contribution in [1.29, 1.82) is 0 Å². The van der Waals surface area contributed by atoms with Gasteiger partial charge in [-0.2, -0.15) is 0 Å². The van der Waals surface area contributed by atoms with E-state index in [0.29, 0.717) is 24.5 Å². The van der Waals surface area contributed by atoms with Crippen LogP contribution in [-0.4, -0.2) is 34.0 Å². The highest BCUT2D eigenvalue weighted by molar-refractivity contribution is 5.92. The normalized spacial score (nSPS) is 10.9. The zero-order chi connectivity index (χ0) is 15.4. The number of likely N-dealkylation sites (N-methyl/N-ethyl adjacent to an activating group) is 1. The number of imidazole rings is 1. The Morgan fingerprint density at radius 1 is 1.48 bits per heavy atom. The number of nitrogens with one attached hydrogen (secondary N) is 1. The van der Waals surface area contributed by atoms with E-state index in [1.165, 1.54) is 0 Å². The summed E-state index contributed by atoms with van der Waals surface area (Å²) in [5.74, 6) is 0.847. The van der Waals surface area contributed by atoms with E-state index in [4.69, 9.17) is 5.73 Å². The molecule has 0 spiro atoms. The van der Waals surface area contributed by atoms with E-state index in [1.54, 1.807) is 12.3 Å². The Morgan fingerprint density at radius 2 is 2.24 bits per heavy atom. The van der Waals surface area contributed by atoms with E-state index in [2.05, 4.69) is 10.3 Å². The molecule has 1 heterocycles. The van der Waals surface area contributed by atoms with Gasteiger partial charge in [-0.1, -0.05) is 6.07 Å². The quantitative estimate of drug-likeness (QED) is 0.815. The SMILES string of the molecule is Cc1ccc(NC(=O)CN(C)Cc2nccn2C)cc1N. The van der Waals surface area contributed by atoms with Gasteiger partial charge >= 0.3 is 0 Å². The molecule has 0 unspecified atom stereocenters. The second-order valence-electron chi connectivity index (χ2n) is 5.25. The van der Waals surface area contributed by atoms with E-state index < -0.39 is 0 Å². The lowest BCUT2D eigenvalue weighted by atomic mass is 10.2. The summed E-state index contributed by atoms with van der Waals surface area (Å²) in [6, 6.07) is 5.51. The number of aryl methyl sites for hydroxylation is 2. The second-order valence-corrected chi connectivity index (χ2v) is 5.25. The maximum absolute atomic E-state index is 12.0. The third-order valence-corrected chi connectivity index (χ3v) is 3.31. The van der Waals surface area contributed by atoms with Crippen LogP contribution in [0.15, 0.2) is 30.6 Å². The van der Waals surface area contributed by atoms with Gasteiger partial charge < -0.3 is 15.6 Å². The van der Waals surface area contributed by atoms with Crippen molar-refractivity contribution in [3.8, 4) is 0 Å². The Labute approximate surface area is 124 Å². The van der Waals surface area contributed by atoms with Crippen molar-refractivity contribution >= 4 is 17.3 Å². The van der Waals surface area contributed by atoms with Crippen molar-refractivity contribution in [2.75, 3.05) is 24.6 Å². The molecule has 2 rings (SSSR count). The van der Waals surface area contributed by atoms with Gasteiger partial charge in [-0.05, 0) is 31.7 Å². The molecule has 21 heavy (non-hydrogen) atoms. The van der Waals surface area contributed by atoms with Crippen molar-refractivity contribution in [2.45, 2.75) is 13.5 Å². The van der Waals surface area contributed by atoms with Crippen LogP contribution in [0, 0.1) is 6.92 Å². The highest BCUT2D eigenvalue weighted by Crippen LogP contribution is 2.16. The minimum absolute atomic E-state index is 0.0741. The molecule has 1 amide bonds. The van der Waals surface area contributed by atoms with Gasteiger partial charge in [-0.3, -0.25) is 9.69 Å².